The highest BCUT2D eigenvalue weighted by Gasteiger charge is 2.34. The van der Waals surface area contributed by atoms with E-state index in [9.17, 15) is 14.4 Å². The lowest BCUT2D eigenvalue weighted by atomic mass is 10.0. The molecule has 8 nitrogen and oxygen atoms in total. The van der Waals surface area contributed by atoms with Crippen molar-refractivity contribution in [2.75, 3.05) is 24.6 Å². The van der Waals surface area contributed by atoms with Gasteiger partial charge in [0.25, 0.3) is 5.91 Å². The Kier molecular flexibility index (Phi) is 8.17. The van der Waals surface area contributed by atoms with Crippen molar-refractivity contribution in [3.8, 4) is 0 Å². The predicted octanol–water partition coefficient (Wildman–Crippen LogP) is 3.70. The molecule has 3 aromatic rings. The molecular formula is C28H31N3O5. The number of carbonyl (C=O) groups excluding carboxylic acids is 3. The minimum Gasteiger partial charge on any atom is -0.459 e. The first-order valence-corrected chi connectivity index (χ1v) is 12.1. The van der Waals surface area contributed by atoms with Crippen LogP contribution in [0.2, 0.25) is 0 Å². The van der Waals surface area contributed by atoms with Crippen molar-refractivity contribution in [2.24, 2.45) is 0 Å². The summed E-state index contributed by atoms with van der Waals surface area (Å²) in [6.07, 6.45) is 3.20. The van der Waals surface area contributed by atoms with Crippen LogP contribution in [0.4, 0.5) is 5.69 Å². The van der Waals surface area contributed by atoms with Gasteiger partial charge in [-0.1, -0.05) is 48.0 Å². The van der Waals surface area contributed by atoms with Crippen molar-refractivity contribution in [1.29, 1.82) is 0 Å². The Morgan fingerprint density at radius 2 is 1.83 bits per heavy atom. The summed E-state index contributed by atoms with van der Waals surface area (Å²) in [6.45, 7) is 4.61. The predicted molar refractivity (Wildman–Crippen MR) is 136 cm³/mol. The average Bonchev–Trinajstić information content (AvgIpc) is 3.60. The number of carbonyl (C=O) groups is 3. The van der Waals surface area contributed by atoms with Crippen LogP contribution in [0.1, 0.15) is 46.1 Å². The summed E-state index contributed by atoms with van der Waals surface area (Å²) in [5.74, 6) is -1.15. The molecule has 1 fully saturated rings. The number of amides is 3. The van der Waals surface area contributed by atoms with Gasteiger partial charge in [-0.15, -0.1) is 0 Å². The Labute approximate surface area is 210 Å². The zero-order chi connectivity index (χ0) is 25.5. The standard InChI is InChI=1S/C28H31N3O5/c1-19-12-13-23(20(2)16-19)31(25(32)18-30-27(33)24-11-7-15-36-24)26(21-8-4-3-5-9-21)28(34)29-17-22-10-6-14-35-22/h3-5,7-9,11-13,15-16,22,26H,6,10,14,17-18H2,1-2H3,(H,29,34)(H,30,33)/t22-,26-/m1/s1. The van der Waals surface area contributed by atoms with Crippen LogP contribution in [0.15, 0.2) is 71.3 Å². The van der Waals surface area contributed by atoms with Gasteiger partial charge in [0.1, 0.15) is 6.04 Å². The van der Waals surface area contributed by atoms with E-state index in [1.165, 1.54) is 17.2 Å². The fraction of sp³-hybridized carbons (Fsp3) is 0.321. The lowest BCUT2D eigenvalue weighted by Crippen LogP contribution is -2.48. The van der Waals surface area contributed by atoms with Crippen LogP contribution >= 0.6 is 0 Å². The van der Waals surface area contributed by atoms with Gasteiger partial charge in [-0.3, -0.25) is 19.3 Å². The molecule has 1 aromatic heterocycles. The van der Waals surface area contributed by atoms with Gasteiger partial charge in [-0.2, -0.15) is 0 Å². The maximum atomic E-state index is 13.7. The Morgan fingerprint density at radius 3 is 2.50 bits per heavy atom. The van der Waals surface area contributed by atoms with Crippen LogP contribution in [0.5, 0.6) is 0 Å². The molecule has 8 heteroatoms. The summed E-state index contributed by atoms with van der Waals surface area (Å²) in [5, 5.41) is 5.60. The van der Waals surface area contributed by atoms with Crippen molar-refractivity contribution < 1.29 is 23.5 Å². The maximum Gasteiger partial charge on any atom is 0.287 e. The first-order valence-electron chi connectivity index (χ1n) is 12.1. The molecule has 1 aliphatic heterocycles. The molecular weight excluding hydrogens is 458 g/mol. The molecule has 3 amide bonds. The molecule has 36 heavy (non-hydrogen) atoms. The molecule has 2 aromatic carbocycles. The third-order valence-corrected chi connectivity index (χ3v) is 6.18. The minimum atomic E-state index is -0.943. The third kappa shape index (κ3) is 6.01. The van der Waals surface area contributed by atoms with Crippen LogP contribution in [0.25, 0.3) is 0 Å². The molecule has 188 valence electrons. The van der Waals surface area contributed by atoms with E-state index >= 15 is 0 Å². The van der Waals surface area contributed by atoms with E-state index in [1.807, 2.05) is 62.4 Å². The number of nitrogens with one attached hydrogen (secondary N) is 2. The van der Waals surface area contributed by atoms with Gasteiger partial charge >= 0.3 is 0 Å². The molecule has 0 unspecified atom stereocenters. The van der Waals surface area contributed by atoms with Gasteiger partial charge in [0.2, 0.25) is 11.8 Å². The van der Waals surface area contributed by atoms with E-state index in [0.717, 1.165) is 24.0 Å². The number of anilines is 1. The second-order valence-electron chi connectivity index (χ2n) is 8.91. The van der Waals surface area contributed by atoms with Crippen LogP contribution in [-0.4, -0.2) is 43.5 Å². The number of benzene rings is 2. The van der Waals surface area contributed by atoms with E-state index < -0.39 is 17.9 Å². The molecule has 4 rings (SSSR count). The fourth-order valence-electron chi connectivity index (χ4n) is 4.40. The molecule has 2 heterocycles. The monoisotopic (exact) mass is 489 g/mol. The van der Waals surface area contributed by atoms with Gasteiger partial charge in [0, 0.05) is 18.8 Å². The van der Waals surface area contributed by atoms with Crippen molar-refractivity contribution in [3.63, 3.8) is 0 Å². The summed E-state index contributed by atoms with van der Waals surface area (Å²) in [4.78, 5) is 41.3. The molecule has 0 radical (unpaired) electrons. The lowest BCUT2D eigenvalue weighted by Gasteiger charge is -2.33. The number of aryl methyl sites for hydroxylation is 2. The molecule has 1 saturated heterocycles. The summed E-state index contributed by atoms with van der Waals surface area (Å²) in [5.41, 5.74) is 3.13. The van der Waals surface area contributed by atoms with Crippen molar-refractivity contribution in [2.45, 2.75) is 38.8 Å². The van der Waals surface area contributed by atoms with Crippen LogP contribution < -0.4 is 15.5 Å². The molecule has 0 bridgehead atoms. The second kappa shape index (κ2) is 11.7. The number of rotatable bonds is 9. The highest BCUT2D eigenvalue weighted by Crippen LogP contribution is 2.31. The van der Waals surface area contributed by atoms with Crippen LogP contribution in [-0.2, 0) is 14.3 Å². The summed E-state index contributed by atoms with van der Waals surface area (Å²) < 4.78 is 10.8. The topological polar surface area (TPSA) is 101 Å². The van der Waals surface area contributed by atoms with Crippen molar-refractivity contribution in [3.05, 3.63) is 89.4 Å². The quantitative estimate of drug-likeness (QED) is 0.477. The van der Waals surface area contributed by atoms with E-state index in [-0.39, 0.29) is 24.3 Å². The molecule has 0 aliphatic carbocycles. The van der Waals surface area contributed by atoms with E-state index in [1.54, 1.807) is 6.07 Å². The zero-order valence-electron chi connectivity index (χ0n) is 20.5. The third-order valence-electron chi connectivity index (χ3n) is 6.18. The Balaban J connectivity index is 1.66. The highest BCUT2D eigenvalue weighted by atomic mass is 16.5. The van der Waals surface area contributed by atoms with Crippen LogP contribution in [0, 0.1) is 13.8 Å². The van der Waals surface area contributed by atoms with E-state index in [0.29, 0.717) is 24.4 Å². The molecule has 0 saturated carbocycles. The zero-order valence-corrected chi connectivity index (χ0v) is 20.5. The van der Waals surface area contributed by atoms with Gasteiger partial charge < -0.3 is 19.8 Å². The second-order valence-corrected chi connectivity index (χ2v) is 8.91. The number of ether oxygens (including phenoxy) is 1. The molecule has 0 spiro atoms. The van der Waals surface area contributed by atoms with Gasteiger partial charge in [-0.05, 0) is 56.0 Å². The number of hydrogen-bond donors (Lipinski definition) is 2. The molecule has 2 N–H and O–H groups in total. The fourth-order valence-corrected chi connectivity index (χ4v) is 4.40. The minimum absolute atomic E-state index is 0.0387. The Hall–Kier alpha value is -3.91. The van der Waals surface area contributed by atoms with Crippen molar-refractivity contribution >= 4 is 23.4 Å². The van der Waals surface area contributed by atoms with Crippen molar-refractivity contribution in [1.82, 2.24) is 10.6 Å². The van der Waals surface area contributed by atoms with E-state index in [2.05, 4.69) is 10.6 Å². The first-order chi connectivity index (χ1) is 17.4. The number of nitrogens with zero attached hydrogens (tertiary/aromatic N) is 1. The smallest absolute Gasteiger partial charge is 0.287 e. The Bertz CT molecular complexity index is 1190. The highest BCUT2D eigenvalue weighted by molar-refractivity contribution is 6.04. The van der Waals surface area contributed by atoms with Gasteiger partial charge in [-0.25, -0.2) is 0 Å². The lowest BCUT2D eigenvalue weighted by molar-refractivity contribution is -0.126. The summed E-state index contributed by atoms with van der Waals surface area (Å²) in [7, 11) is 0. The molecule has 1 aliphatic rings. The van der Waals surface area contributed by atoms with Gasteiger partial charge in [0.15, 0.2) is 5.76 Å². The maximum absolute atomic E-state index is 13.7. The van der Waals surface area contributed by atoms with Gasteiger partial charge in [0.05, 0.1) is 18.9 Å². The Morgan fingerprint density at radius 1 is 1.03 bits per heavy atom. The largest absolute Gasteiger partial charge is 0.459 e. The first kappa shape index (κ1) is 25.2. The van der Waals surface area contributed by atoms with Crippen LogP contribution in [0.3, 0.4) is 0 Å². The SMILES string of the molecule is Cc1ccc(N(C(=O)CNC(=O)c2ccco2)[C@@H](C(=O)NC[C@H]2CCCO2)c2ccccc2)c(C)c1. The number of hydrogen-bond acceptors (Lipinski definition) is 5. The molecule has 2 atom stereocenters. The number of furan rings is 1. The normalized spacial score (nSPS) is 15.8. The average molecular weight is 490 g/mol. The summed E-state index contributed by atoms with van der Waals surface area (Å²) >= 11 is 0. The van der Waals surface area contributed by atoms with E-state index in [4.69, 9.17) is 9.15 Å². The summed E-state index contributed by atoms with van der Waals surface area (Å²) in [6, 6.07) is 17.0.